The van der Waals surface area contributed by atoms with Crippen LogP contribution in [0.25, 0.3) is 22.2 Å². The van der Waals surface area contributed by atoms with E-state index in [4.69, 9.17) is 14.2 Å². The molecule has 35 heavy (non-hydrogen) atoms. The molecule has 0 amide bonds. The Balaban J connectivity index is 1.79. The van der Waals surface area contributed by atoms with Crippen molar-refractivity contribution < 1.29 is 19.0 Å². The number of carbonyl (C=O) groups is 1. The van der Waals surface area contributed by atoms with Crippen LogP contribution in [0.15, 0.2) is 41.8 Å². The van der Waals surface area contributed by atoms with Gasteiger partial charge in [-0.3, -0.25) is 4.79 Å². The van der Waals surface area contributed by atoms with Gasteiger partial charge in [-0.1, -0.05) is 12.1 Å². The highest BCUT2D eigenvalue weighted by atomic mass is 32.1. The summed E-state index contributed by atoms with van der Waals surface area (Å²) in [5.74, 6) is 1.74. The lowest BCUT2D eigenvalue weighted by Crippen LogP contribution is -2.11. The largest absolute Gasteiger partial charge is 0.490 e. The van der Waals surface area contributed by atoms with Crippen LogP contribution in [0.3, 0.4) is 0 Å². The molecule has 0 bridgehead atoms. The highest BCUT2D eigenvalue weighted by molar-refractivity contribution is 7.09. The molecule has 4 rings (SSSR count). The molecule has 0 saturated carbocycles. The molecular formula is C26H28N4O4S. The van der Waals surface area contributed by atoms with Crippen LogP contribution in [0.2, 0.25) is 0 Å². The predicted octanol–water partition coefficient (Wildman–Crippen LogP) is 5.71. The van der Waals surface area contributed by atoms with Crippen LogP contribution in [-0.2, 0) is 16.0 Å². The average Bonchev–Trinajstić information content (AvgIpc) is 3.27. The summed E-state index contributed by atoms with van der Waals surface area (Å²) in [4.78, 5) is 26.0. The molecule has 0 aliphatic rings. The van der Waals surface area contributed by atoms with Crippen LogP contribution < -0.4 is 14.8 Å². The molecule has 8 nitrogen and oxygen atoms in total. The molecule has 1 N–H and O–H groups in total. The van der Waals surface area contributed by atoms with E-state index in [1.165, 1.54) is 0 Å². The molecule has 0 spiro atoms. The number of rotatable bonds is 10. The summed E-state index contributed by atoms with van der Waals surface area (Å²) >= 11 is 1.61. The van der Waals surface area contributed by atoms with E-state index in [-0.39, 0.29) is 12.4 Å². The molecule has 9 heteroatoms. The Morgan fingerprint density at radius 3 is 2.43 bits per heavy atom. The lowest BCUT2D eigenvalue weighted by atomic mass is 10.1. The molecule has 0 fully saturated rings. The second kappa shape index (κ2) is 11.1. The SMILES string of the molecule is CCOC(=O)Cc1nc(Nc2cccc(-c3csc(C)n3)c2)c2cc(OCC)c(OCC)cc2n1. The van der Waals surface area contributed by atoms with Crippen molar-refractivity contribution in [2.24, 2.45) is 0 Å². The van der Waals surface area contributed by atoms with Crippen molar-refractivity contribution in [2.45, 2.75) is 34.1 Å². The van der Waals surface area contributed by atoms with Crippen LogP contribution in [-0.4, -0.2) is 40.7 Å². The zero-order chi connectivity index (χ0) is 24.8. The van der Waals surface area contributed by atoms with Crippen molar-refractivity contribution in [3.05, 3.63) is 52.6 Å². The normalized spacial score (nSPS) is 10.9. The Kier molecular flexibility index (Phi) is 7.77. The third-order valence-electron chi connectivity index (χ3n) is 5.06. The van der Waals surface area contributed by atoms with Gasteiger partial charge in [-0.05, 0) is 45.9 Å². The predicted molar refractivity (Wildman–Crippen MR) is 138 cm³/mol. The van der Waals surface area contributed by atoms with Crippen LogP contribution in [0, 0.1) is 6.92 Å². The number of aromatic nitrogens is 3. The van der Waals surface area contributed by atoms with E-state index in [1.807, 2.05) is 62.5 Å². The number of esters is 1. The molecule has 182 valence electrons. The number of hydrogen-bond acceptors (Lipinski definition) is 9. The molecule has 0 unspecified atom stereocenters. The number of hydrogen-bond donors (Lipinski definition) is 1. The van der Waals surface area contributed by atoms with E-state index in [0.717, 1.165) is 27.3 Å². The van der Waals surface area contributed by atoms with E-state index < -0.39 is 0 Å². The van der Waals surface area contributed by atoms with Gasteiger partial charge in [0, 0.05) is 28.1 Å². The fourth-order valence-corrected chi connectivity index (χ4v) is 4.25. The number of benzene rings is 2. The van der Waals surface area contributed by atoms with Crippen molar-refractivity contribution in [1.29, 1.82) is 0 Å². The summed E-state index contributed by atoms with van der Waals surface area (Å²) < 4.78 is 16.7. The van der Waals surface area contributed by atoms with Crippen molar-refractivity contribution in [3.63, 3.8) is 0 Å². The minimum atomic E-state index is -0.380. The van der Waals surface area contributed by atoms with E-state index in [1.54, 1.807) is 18.3 Å². The van der Waals surface area contributed by atoms with Crippen LogP contribution in [0.1, 0.15) is 31.6 Å². The van der Waals surface area contributed by atoms with Gasteiger partial charge >= 0.3 is 5.97 Å². The van der Waals surface area contributed by atoms with Gasteiger partial charge in [0.1, 0.15) is 18.1 Å². The minimum absolute atomic E-state index is 0.0339. The Morgan fingerprint density at radius 1 is 0.971 bits per heavy atom. The molecule has 2 aromatic carbocycles. The molecule has 2 heterocycles. The maximum atomic E-state index is 12.2. The lowest BCUT2D eigenvalue weighted by Gasteiger charge is -2.15. The topological polar surface area (TPSA) is 95.5 Å². The molecule has 0 aliphatic carbocycles. The Morgan fingerprint density at radius 2 is 1.74 bits per heavy atom. The second-order valence-corrected chi connectivity index (χ2v) is 8.67. The summed E-state index contributed by atoms with van der Waals surface area (Å²) in [7, 11) is 0. The van der Waals surface area contributed by atoms with Crippen LogP contribution in [0.5, 0.6) is 11.5 Å². The van der Waals surface area contributed by atoms with Gasteiger partial charge in [0.2, 0.25) is 0 Å². The fraction of sp³-hybridized carbons (Fsp3) is 0.308. The first-order valence-electron chi connectivity index (χ1n) is 11.6. The summed E-state index contributed by atoms with van der Waals surface area (Å²) in [5.41, 5.74) is 3.40. The smallest absolute Gasteiger partial charge is 0.313 e. The molecule has 0 aliphatic heterocycles. The molecule has 0 atom stereocenters. The summed E-state index contributed by atoms with van der Waals surface area (Å²) in [6.45, 7) is 8.87. The Labute approximate surface area is 208 Å². The number of nitrogens with one attached hydrogen (secondary N) is 1. The first kappa shape index (κ1) is 24.4. The first-order chi connectivity index (χ1) is 17.0. The number of anilines is 2. The summed E-state index contributed by atoms with van der Waals surface area (Å²) in [6, 6.07) is 11.7. The first-order valence-corrected chi connectivity index (χ1v) is 12.4. The number of thiazole rings is 1. The summed E-state index contributed by atoms with van der Waals surface area (Å²) in [6.07, 6.45) is -0.0339. The van der Waals surface area contributed by atoms with E-state index in [0.29, 0.717) is 48.5 Å². The zero-order valence-electron chi connectivity index (χ0n) is 20.3. The van der Waals surface area contributed by atoms with Crippen LogP contribution >= 0.6 is 11.3 Å². The molecular weight excluding hydrogens is 464 g/mol. The quantitative estimate of drug-likeness (QED) is 0.281. The number of carbonyl (C=O) groups excluding carboxylic acids is 1. The van der Waals surface area contributed by atoms with Crippen molar-refractivity contribution in [3.8, 4) is 22.8 Å². The van der Waals surface area contributed by atoms with Gasteiger partial charge in [0.05, 0.1) is 36.0 Å². The minimum Gasteiger partial charge on any atom is -0.490 e. The Bertz CT molecular complexity index is 1340. The highest BCUT2D eigenvalue weighted by Crippen LogP contribution is 2.36. The second-order valence-electron chi connectivity index (χ2n) is 7.61. The van der Waals surface area contributed by atoms with Gasteiger partial charge in [0.15, 0.2) is 11.5 Å². The lowest BCUT2D eigenvalue weighted by molar-refractivity contribution is -0.142. The molecule has 4 aromatic rings. The van der Waals surface area contributed by atoms with Crippen molar-refractivity contribution in [1.82, 2.24) is 15.0 Å². The standard InChI is InChI=1S/C26H28N4O4S/c1-5-32-22-12-19-20(13-23(22)33-6-2)29-24(14-25(31)34-7-3)30-26(19)28-18-10-8-9-17(11-18)21-15-35-16(4)27-21/h8-13,15H,5-7,14H2,1-4H3,(H,28,29,30). The van der Waals surface area contributed by atoms with Crippen molar-refractivity contribution in [2.75, 3.05) is 25.1 Å². The average molecular weight is 493 g/mol. The van der Waals surface area contributed by atoms with Gasteiger partial charge in [-0.2, -0.15) is 0 Å². The number of nitrogens with zero attached hydrogens (tertiary/aromatic N) is 3. The highest BCUT2D eigenvalue weighted by Gasteiger charge is 2.16. The third kappa shape index (κ3) is 5.86. The van der Waals surface area contributed by atoms with E-state index in [2.05, 4.69) is 20.3 Å². The van der Waals surface area contributed by atoms with Crippen LogP contribution in [0.4, 0.5) is 11.5 Å². The zero-order valence-corrected chi connectivity index (χ0v) is 21.1. The maximum Gasteiger partial charge on any atom is 0.313 e. The van der Waals surface area contributed by atoms with Gasteiger partial charge in [-0.15, -0.1) is 11.3 Å². The summed E-state index contributed by atoms with van der Waals surface area (Å²) in [5, 5.41) is 7.20. The number of aryl methyl sites for hydroxylation is 1. The van der Waals surface area contributed by atoms with Gasteiger partial charge in [-0.25, -0.2) is 15.0 Å². The van der Waals surface area contributed by atoms with E-state index >= 15 is 0 Å². The number of ether oxygens (including phenoxy) is 3. The van der Waals surface area contributed by atoms with Gasteiger partial charge in [0.25, 0.3) is 0 Å². The third-order valence-corrected chi connectivity index (χ3v) is 5.83. The molecule has 0 radical (unpaired) electrons. The van der Waals surface area contributed by atoms with E-state index in [9.17, 15) is 4.79 Å². The van der Waals surface area contributed by atoms with Gasteiger partial charge < -0.3 is 19.5 Å². The fourth-order valence-electron chi connectivity index (χ4n) is 3.63. The maximum absolute atomic E-state index is 12.2. The monoisotopic (exact) mass is 492 g/mol. The van der Waals surface area contributed by atoms with Crippen molar-refractivity contribution >= 4 is 39.7 Å². The number of fused-ring (bicyclic) bond motifs is 1. The Hall–Kier alpha value is -3.72. The molecule has 2 aromatic heterocycles. The molecule has 0 saturated heterocycles.